The molecule has 0 radical (unpaired) electrons. The summed E-state index contributed by atoms with van der Waals surface area (Å²) in [6, 6.07) is 9.27. The van der Waals surface area contributed by atoms with Gasteiger partial charge in [0.2, 0.25) is 5.82 Å². The van der Waals surface area contributed by atoms with Crippen LogP contribution in [0.1, 0.15) is 5.56 Å². The summed E-state index contributed by atoms with van der Waals surface area (Å²) in [4.78, 5) is 16.5. The van der Waals surface area contributed by atoms with E-state index in [-0.39, 0.29) is 41.2 Å². The van der Waals surface area contributed by atoms with E-state index in [1.165, 1.54) is 10.9 Å². The van der Waals surface area contributed by atoms with E-state index in [0.717, 1.165) is 5.56 Å². The fraction of sp³-hybridized carbons (Fsp3) is 0.0667. The third-order valence-corrected chi connectivity index (χ3v) is 3.62. The first kappa shape index (κ1) is 17.8. The van der Waals surface area contributed by atoms with Gasteiger partial charge in [-0.1, -0.05) is 30.3 Å². The summed E-state index contributed by atoms with van der Waals surface area (Å²) >= 11 is 0. The van der Waals surface area contributed by atoms with Crippen LogP contribution < -0.4 is 16.9 Å². The fourth-order valence-corrected chi connectivity index (χ4v) is 2.32. The van der Waals surface area contributed by atoms with Gasteiger partial charge in [-0.2, -0.15) is 5.10 Å². The Morgan fingerprint density at radius 1 is 1.07 bits per heavy atom. The minimum Gasteiger partial charge on any atom is -0.379 e. The van der Waals surface area contributed by atoms with Gasteiger partial charge in [0, 0.05) is 0 Å². The predicted octanol–water partition coefficient (Wildman–Crippen LogP) is -0.307. The molecule has 3 heterocycles. The van der Waals surface area contributed by atoms with Crippen LogP contribution in [-0.2, 0) is 11.3 Å². The molecule has 14 nitrogen and oxygen atoms in total. The second kappa shape index (κ2) is 7.55. The topological polar surface area (TPSA) is 202 Å². The Morgan fingerprint density at radius 3 is 2.41 bits per heavy atom. The third kappa shape index (κ3) is 3.75. The van der Waals surface area contributed by atoms with Gasteiger partial charge in [0.05, 0.1) is 6.21 Å². The van der Waals surface area contributed by atoms with Crippen LogP contribution in [0.5, 0.6) is 0 Å². The molecule has 0 aliphatic heterocycles. The number of amides is 1. The first-order valence-electron chi connectivity index (χ1n) is 8.10. The molecule has 0 bridgehead atoms. The summed E-state index contributed by atoms with van der Waals surface area (Å²) in [6.07, 6.45) is 1.51. The molecule has 5 N–H and O–H groups in total. The lowest BCUT2D eigenvalue weighted by atomic mass is 10.2. The summed E-state index contributed by atoms with van der Waals surface area (Å²) in [7, 11) is 0. The molecule has 1 aromatic carbocycles. The summed E-state index contributed by atoms with van der Waals surface area (Å²) in [5.74, 6) is -0.350. The lowest BCUT2D eigenvalue weighted by molar-refractivity contribution is -0.121. The van der Waals surface area contributed by atoms with Crippen LogP contribution in [0, 0.1) is 0 Å². The highest BCUT2D eigenvalue weighted by atomic mass is 16.6. The van der Waals surface area contributed by atoms with Gasteiger partial charge in [-0.3, -0.25) is 4.79 Å². The second-order valence-corrected chi connectivity index (χ2v) is 5.62. The highest BCUT2D eigenvalue weighted by Gasteiger charge is 2.24. The molecule has 4 aromatic rings. The number of aromatic nitrogens is 7. The number of benzene rings is 1. The Kier molecular flexibility index (Phi) is 4.63. The number of nitrogen functional groups attached to an aromatic ring is 2. The maximum atomic E-state index is 12.3. The van der Waals surface area contributed by atoms with Crippen LogP contribution in [0.25, 0.3) is 23.0 Å². The number of rotatable bonds is 6. The number of nitrogens with one attached hydrogen (secondary N) is 1. The Hall–Kier alpha value is -4.62. The number of hydrogen-bond acceptors (Lipinski definition) is 12. The van der Waals surface area contributed by atoms with E-state index in [4.69, 9.17) is 11.5 Å². The van der Waals surface area contributed by atoms with E-state index >= 15 is 0 Å². The molecule has 0 unspecified atom stereocenters. The maximum Gasteiger partial charge on any atom is 0.261 e. The maximum absolute atomic E-state index is 12.3. The van der Waals surface area contributed by atoms with Crippen LogP contribution in [0.4, 0.5) is 11.6 Å². The molecule has 14 heteroatoms. The minimum absolute atomic E-state index is 0.0168. The first-order chi connectivity index (χ1) is 14.1. The van der Waals surface area contributed by atoms with Gasteiger partial charge in [-0.25, -0.2) is 24.3 Å². The standard InChI is InChI=1S/C15H13N11O3/c16-12-10(22-28-24-12)14-19-15(11-13(17)25-29-23-11)26(21-14)7-9(27)20-18-6-8-4-2-1-3-5-8/h1-6H,7H2,(H2,16,24)(H2,17,25)(H,20,27). The molecule has 0 saturated carbocycles. The normalized spacial score (nSPS) is 11.2. The second-order valence-electron chi connectivity index (χ2n) is 5.62. The van der Waals surface area contributed by atoms with E-state index in [0.29, 0.717) is 0 Å². The molecular weight excluding hydrogens is 382 g/mol. The van der Waals surface area contributed by atoms with Crippen LogP contribution >= 0.6 is 0 Å². The van der Waals surface area contributed by atoms with Crippen LogP contribution in [0.3, 0.4) is 0 Å². The average molecular weight is 395 g/mol. The molecule has 0 atom stereocenters. The monoisotopic (exact) mass is 395 g/mol. The summed E-state index contributed by atoms with van der Waals surface area (Å²) in [6.45, 7) is -0.258. The van der Waals surface area contributed by atoms with E-state index in [9.17, 15) is 4.79 Å². The van der Waals surface area contributed by atoms with E-state index < -0.39 is 5.91 Å². The van der Waals surface area contributed by atoms with Gasteiger partial charge in [0.25, 0.3) is 5.91 Å². The molecule has 0 spiro atoms. The highest BCUT2D eigenvalue weighted by Crippen LogP contribution is 2.25. The van der Waals surface area contributed by atoms with Gasteiger partial charge < -0.3 is 11.5 Å². The largest absolute Gasteiger partial charge is 0.379 e. The SMILES string of the molecule is Nc1nonc1-c1nc(-c2nonc2N)n(CC(=O)NN=Cc2ccccc2)n1. The van der Waals surface area contributed by atoms with Crippen molar-refractivity contribution in [2.24, 2.45) is 5.10 Å². The molecule has 0 aliphatic rings. The summed E-state index contributed by atoms with van der Waals surface area (Å²) in [5, 5.41) is 22.4. The zero-order chi connectivity index (χ0) is 20.2. The Labute approximate surface area is 161 Å². The van der Waals surface area contributed by atoms with Crippen molar-refractivity contribution in [1.82, 2.24) is 40.8 Å². The van der Waals surface area contributed by atoms with Gasteiger partial charge in [0.1, 0.15) is 6.54 Å². The van der Waals surface area contributed by atoms with Crippen molar-refractivity contribution >= 4 is 23.8 Å². The van der Waals surface area contributed by atoms with Gasteiger partial charge in [0.15, 0.2) is 28.8 Å². The lowest BCUT2D eigenvalue weighted by Crippen LogP contribution is -2.24. The van der Waals surface area contributed by atoms with Crippen molar-refractivity contribution < 1.29 is 14.1 Å². The molecule has 0 aliphatic carbocycles. The fourth-order valence-electron chi connectivity index (χ4n) is 2.32. The zero-order valence-electron chi connectivity index (χ0n) is 14.6. The molecule has 0 fully saturated rings. The molecule has 146 valence electrons. The molecular formula is C15H13N11O3. The van der Waals surface area contributed by atoms with Gasteiger partial charge in [-0.05, 0) is 26.2 Å². The minimum atomic E-state index is -0.476. The van der Waals surface area contributed by atoms with Crippen LogP contribution in [0.2, 0.25) is 0 Å². The highest BCUT2D eigenvalue weighted by molar-refractivity contribution is 5.82. The Balaban J connectivity index is 1.58. The smallest absolute Gasteiger partial charge is 0.261 e. The average Bonchev–Trinajstić information content (AvgIpc) is 3.42. The van der Waals surface area contributed by atoms with Crippen LogP contribution in [-0.4, -0.2) is 47.5 Å². The number of carbonyl (C=O) groups is 1. The number of hydrogen-bond donors (Lipinski definition) is 3. The molecule has 29 heavy (non-hydrogen) atoms. The molecule has 4 rings (SSSR count). The van der Waals surface area contributed by atoms with Gasteiger partial charge in [-0.15, -0.1) is 5.10 Å². The molecule has 1 amide bonds. The number of hydrazone groups is 1. The van der Waals surface area contributed by atoms with Crippen LogP contribution in [0.15, 0.2) is 44.7 Å². The van der Waals surface area contributed by atoms with Crippen molar-refractivity contribution in [2.75, 3.05) is 11.5 Å². The molecule has 0 saturated heterocycles. The van der Waals surface area contributed by atoms with Crippen molar-refractivity contribution in [3.8, 4) is 23.0 Å². The van der Waals surface area contributed by atoms with Crippen molar-refractivity contribution in [1.29, 1.82) is 0 Å². The Bertz CT molecular complexity index is 1160. The quantitative estimate of drug-likeness (QED) is 0.285. The first-order valence-corrected chi connectivity index (χ1v) is 8.10. The summed E-state index contributed by atoms with van der Waals surface area (Å²) in [5.41, 5.74) is 14.8. The predicted molar refractivity (Wildman–Crippen MR) is 97.6 cm³/mol. The number of anilines is 2. The number of carbonyl (C=O) groups excluding carboxylic acids is 1. The lowest BCUT2D eigenvalue weighted by Gasteiger charge is -2.02. The van der Waals surface area contributed by atoms with Crippen molar-refractivity contribution in [3.05, 3.63) is 35.9 Å². The Morgan fingerprint density at radius 2 is 1.76 bits per heavy atom. The van der Waals surface area contributed by atoms with Crippen molar-refractivity contribution in [3.63, 3.8) is 0 Å². The molecule has 3 aromatic heterocycles. The zero-order valence-corrected chi connectivity index (χ0v) is 14.6. The number of nitrogens with zero attached hydrogens (tertiary/aromatic N) is 8. The van der Waals surface area contributed by atoms with Crippen molar-refractivity contribution in [2.45, 2.75) is 6.54 Å². The number of nitrogens with two attached hydrogens (primary N) is 2. The van der Waals surface area contributed by atoms with E-state index in [1.807, 2.05) is 30.3 Å². The van der Waals surface area contributed by atoms with Gasteiger partial charge >= 0.3 is 0 Å². The third-order valence-electron chi connectivity index (χ3n) is 3.62. The van der Waals surface area contributed by atoms with E-state index in [1.54, 1.807) is 0 Å². The summed E-state index contributed by atoms with van der Waals surface area (Å²) < 4.78 is 10.4. The van der Waals surface area contributed by atoms with E-state index in [2.05, 4.69) is 50.5 Å².